The topological polar surface area (TPSA) is 80.3 Å². The van der Waals surface area contributed by atoms with Crippen LogP contribution in [0.5, 0.6) is 0 Å². The third-order valence-corrected chi connectivity index (χ3v) is 6.76. The summed E-state index contributed by atoms with van der Waals surface area (Å²) < 4.78 is 48.8. The first-order chi connectivity index (χ1) is 12.6. The minimum absolute atomic E-state index is 0.295. The van der Waals surface area contributed by atoms with Gasteiger partial charge in [0.1, 0.15) is 0 Å². The van der Waals surface area contributed by atoms with Gasteiger partial charge in [-0.2, -0.15) is 0 Å². The third-order valence-electron chi connectivity index (χ3n) is 3.91. The maximum Gasteiger partial charge on any atom is 0.229 e. The highest BCUT2D eigenvalue weighted by molar-refractivity contribution is 7.92. The maximum atomic E-state index is 11.6. The predicted molar refractivity (Wildman–Crippen MR) is 111 cm³/mol. The third kappa shape index (κ3) is 5.18. The first kappa shape index (κ1) is 19.6. The largest absolute Gasteiger partial charge is 0.283 e. The molecular weight excluding hydrogens is 402 g/mol. The molecule has 1 heterocycles. The summed E-state index contributed by atoms with van der Waals surface area (Å²) in [6.07, 6.45) is 2.92. The maximum absolute atomic E-state index is 11.6. The zero-order valence-electron chi connectivity index (χ0n) is 14.8. The number of hydrogen-bond donors (Lipinski definition) is 1. The number of hydrogen-bond acceptors (Lipinski definition) is 5. The number of nitrogens with one attached hydrogen (secondary N) is 1. The van der Waals surface area contributed by atoms with Crippen molar-refractivity contribution in [1.82, 2.24) is 0 Å². The molecule has 0 saturated heterocycles. The van der Waals surface area contributed by atoms with Gasteiger partial charge in [-0.15, -0.1) is 11.3 Å². The number of sulfonamides is 1. The van der Waals surface area contributed by atoms with Crippen LogP contribution in [-0.2, 0) is 26.3 Å². The zero-order valence-corrected chi connectivity index (χ0v) is 17.3. The highest BCUT2D eigenvalue weighted by Crippen LogP contribution is 2.31. The van der Waals surface area contributed by atoms with E-state index in [4.69, 9.17) is 0 Å². The molecule has 2 aromatic carbocycles. The molecule has 1 N–H and O–H groups in total. The monoisotopic (exact) mass is 421 g/mol. The molecule has 3 aromatic rings. The van der Waals surface area contributed by atoms with Crippen molar-refractivity contribution in [2.24, 2.45) is 0 Å². The van der Waals surface area contributed by atoms with Gasteiger partial charge in [0.15, 0.2) is 9.84 Å². The van der Waals surface area contributed by atoms with Crippen molar-refractivity contribution >= 4 is 36.9 Å². The van der Waals surface area contributed by atoms with E-state index in [1.165, 1.54) is 6.26 Å². The molecule has 0 unspecified atom stereocenters. The molecular formula is C19H19NO4S3. The Hall–Kier alpha value is -2.16. The summed E-state index contributed by atoms with van der Waals surface area (Å²) in [7, 11) is -6.55. The second-order valence-corrected chi connectivity index (χ2v) is 11.2. The molecule has 0 aliphatic rings. The minimum atomic E-state index is -3.34. The molecule has 0 bridgehead atoms. The van der Waals surface area contributed by atoms with Gasteiger partial charge in [0.05, 0.1) is 16.8 Å². The quantitative estimate of drug-likeness (QED) is 0.657. The summed E-state index contributed by atoms with van der Waals surface area (Å²) in [5, 5.41) is 0. The molecule has 142 valence electrons. The van der Waals surface area contributed by atoms with Crippen LogP contribution in [0.4, 0.5) is 5.69 Å². The van der Waals surface area contributed by atoms with Crippen LogP contribution in [0.25, 0.3) is 10.4 Å². The summed E-state index contributed by atoms with van der Waals surface area (Å²) >= 11 is 1.59. The molecule has 8 heteroatoms. The molecule has 5 nitrogen and oxygen atoms in total. The Kier molecular flexibility index (Phi) is 5.41. The van der Waals surface area contributed by atoms with E-state index in [0.29, 0.717) is 17.0 Å². The summed E-state index contributed by atoms with van der Waals surface area (Å²) in [5.41, 5.74) is 2.41. The zero-order chi connectivity index (χ0) is 19.7. The van der Waals surface area contributed by atoms with E-state index < -0.39 is 19.9 Å². The molecule has 0 aliphatic carbocycles. The molecule has 0 amide bonds. The number of thiophene rings is 1. The van der Waals surface area contributed by atoms with Crippen molar-refractivity contribution in [3.8, 4) is 10.4 Å². The van der Waals surface area contributed by atoms with Gasteiger partial charge in [-0.05, 0) is 41.5 Å². The lowest BCUT2D eigenvalue weighted by Crippen LogP contribution is -2.11. The standard InChI is InChI=1S/C19H19NO4S3/c1-26(21,22)17-10-7-14(8-11-17)19-12-9-16(25-19)13-15-5-3-4-6-18(15)20-27(2,23)24/h3-12,20H,13H2,1-2H3. The summed E-state index contributed by atoms with van der Waals surface area (Å²) in [6.45, 7) is 0. The fourth-order valence-corrected chi connectivity index (χ4v) is 4.92. The lowest BCUT2D eigenvalue weighted by Gasteiger charge is -2.09. The van der Waals surface area contributed by atoms with Gasteiger partial charge in [-0.1, -0.05) is 30.3 Å². The van der Waals surface area contributed by atoms with Gasteiger partial charge < -0.3 is 0 Å². The van der Waals surface area contributed by atoms with Gasteiger partial charge in [-0.3, -0.25) is 4.72 Å². The second kappa shape index (κ2) is 7.46. The van der Waals surface area contributed by atoms with Gasteiger partial charge in [-0.25, -0.2) is 16.8 Å². The Morgan fingerprint density at radius 1 is 0.852 bits per heavy atom. The highest BCUT2D eigenvalue weighted by atomic mass is 32.2. The van der Waals surface area contributed by atoms with Gasteiger partial charge >= 0.3 is 0 Å². The van der Waals surface area contributed by atoms with Crippen LogP contribution in [-0.4, -0.2) is 29.3 Å². The fourth-order valence-electron chi connectivity index (χ4n) is 2.66. The Bertz CT molecular complexity index is 1160. The summed E-state index contributed by atoms with van der Waals surface area (Å²) in [5.74, 6) is 0. The first-order valence-electron chi connectivity index (χ1n) is 8.07. The highest BCUT2D eigenvalue weighted by Gasteiger charge is 2.11. The predicted octanol–water partition coefficient (Wildman–Crippen LogP) is 3.78. The number of anilines is 1. The van der Waals surface area contributed by atoms with E-state index in [1.807, 2.05) is 24.3 Å². The average Bonchev–Trinajstić information content (AvgIpc) is 3.03. The molecule has 0 saturated carbocycles. The molecule has 0 radical (unpaired) electrons. The Balaban J connectivity index is 1.83. The normalized spacial score (nSPS) is 12.1. The summed E-state index contributed by atoms with van der Waals surface area (Å²) in [6, 6.07) is 18.1. The van der Waals surface area contributed by atoms with E-state index in [0.717, 1.165) is 27.1 Å². The first-order valence-corrected chi connectivity index (χ1v) is 12.7. The molecule has 3 rings (SSSR count). The van der Waals surface area contributed by atoms with Gasteiger partial charge in [0, 0.05) is 22.4 Å². The SMILES string of the molecule is CS(=O)(=O)Nc1ccccc1Cc1ccc(-c2ccc(S(C)(=O)=O)cc2)s1. The Morgan fingerprint density at radius 3 is 2.15 bits per heavy atom. The second-order valence-electron chi connectivity index (χ2n) is 6.27. The van der Waals surface area contributed by atoms with E-state index in [9.17, 15) is 16.8 Å². The van der Waals surface area contributed by atoms with Gasteiger partial charge in [0.25, 0.3) is 0 Å². The minimum Gasteiger partial charge on any atom is -0.283 e. The van der Waals surface area contributed by atoms with Crippen molar-refractivity contribution in [2.45, 2.75) is 11.3 Å². The number of para-hydroxylation sites is 1. The lowest BCUT2D eigenvalue weighted by atomic mass is 10.1. The Labute approximate surface area is 163 Å². The van der Waals surface area contributed by atoms with Gasteiger partial charge in [0.2, 0.25) is 10.0 Å². The van der Waals surface area contributed by atoms with Crippen LogP contribution in [0.2, 0.25) is 0 Å². The van der Waals surface area contributed by atoms with Crippen molar-refractivity contribution in [1.29, 1.82) is 0 Å². The average molecular weight is 422 g/mol. The molecule has 0 atom stereocenters. The fraction of sp³-hybridized carbons (Fsp3) is 0.158. The van der Waals surface area contributed by atoms with Crippen LogP contribution in [0, 0.1) is 0 Å². The van der Waals surface area contributed by atoms with E-state index in [2.05, 4.69) is 4.72 Å². The molecule has 0 spiro atoms. The van der Waals surface area contributed by atoms with E-state index >= 15 is 0 Å². The summed E-state index contributed by atoms with van der Waals surface area (Å²) in [4.78, 5) is 2.40. The number of rotatable bonds is 6. The molecule has 0 fully saturated rings. The number of benzene rings is 2. The molecule has 27 heavy (non-hydrogen) atoms. The van der Waals surface area contributed by atoms with Crippen LogP contribution >= 0.6 is 11.3 Å². The van der Waals surface area contributed by atoms with Crippen molar-refractivity contribution < 1.29 is 16.8 Å². The van der Waals surface area contributed by atoms with E-state index in [-0.39, 0.29) is 0 Å². The van der Waals surface area contributed by atoms with Crippen molar-refractivity contribution in [3.63, 3.8) is 0 Å². The van der Waals surface area contributed by atoms with Crippen LogP contribution in [0.15, 0.2) is 65.6 Å². The van der Waals surface area contributed by atoms with Crippen molar-refractivity contribution in [2.75, 3.05) is 17.2 Å². The Morgan fingerprint density at radius 2 is 1.52 bits per heavy atom. The molecule has 0 aliphatic heterocycles. The van der Waals surface area contributed by atoms with Crippen LogP contribution in [0.1, 0.15) is 10.4 Å². The van der Waals surface area contributed by atoms with Crippen LogP contribution in [0.3, 0.4) is 0 Å². The van der Waals surface area contributed by atoms with Crippen molar-refractivity contribution in [3.05, 3.63) is 71.1 Å². The van der Waals surface area contributed by atoms with E-state index in [1.54, 1.807) is 47.7 Å². The smallest absolute Gasteiger partial charge is 0.229 e. The lowest BCUT2D eigenvalue weighted by molar-refractivity contribution is 0.601. The number of sulfone groups is 1. The van der Waals surface area contributed by atoms with Crippen LogP contribution < -0.4 is 4.72 Å². The molecule has 1 aromatic heterocycles.